The minimum atomic E-state index is -0.558. The van der Waals surface area contributed by atoms with E-state index in [2.05, 4.69) is 12.0 Å². The molecule has 1 rings (SSSR count). The van der Waals surface area contributed by atoms with Crippen LogP contribution in [0.2, 0.25) is 0 Å². The van der Waals surface area contributed by atoms with Crippen molar-refractivity contribution in [1.29, 1.82) is 0 Å². The SMILES string of the molecule is CCCCC(Cl)OC(=O)c1c(C)c(C)nn1C. The highest BCUT2D eigenvalue weighted by Crippen LogP contribution is 2.16. The van der Waals surface area contributed by atoms with Gasteiger partial charge in [0.1, 0.15) is 5.69 Å². The summed E-state index contributed by atoms with van der Waals surface area (Å²) in [5.74, 6) is -0.401. The molecule has 0 N–H and O–H groups in total. The molecule has 0 spiro atoms. The van der Waals surface area contributed by atoms with Crippen LogP contribution >= 0.6 is 11.6 Å². The lowest BCUT2D eigenvalue weighted by Gasteiger charge is -2.11. The van der Waals surface area contributed by atoms with Crippen molar-refractivity contribution in [3.8, 4) is 0 Å². The normalized spacial score (nSPS) is 12.5. The lowest BCUT2D eigenvalue weighted by molar-refractivity contribution is 0.0420. The third-order valence-electron chi connectivity index (χ3n) is 2.73. The molecule has 0 aliphatic heterocycles. The number of hydrogen-bond acceptors (Lipinski definition) is 3. The number of aryl methyl sites for hydroxylation is 2. The van der Waals surface area contributed by atoms with E-state index in [0.717, 1.165) is 24.1 Å². The highest BCUT2D eigenvalue weighted by atomic mass is 35.5. The maximum Gasteiger partial charge on any atom is 0.358 e. The van der Waals surface area contributed by atoms with Crippen molar-refractivity contribution in [1.82, 2.24) is 9.78 Å². The average molecular weight is 259 g/mol. The molecule has 1 aromatic heterocycles. The topological polar surface area (TPSA) is 44.1 Å². The van der Waals surface area contributed by atoms with E-state index in [1.165, 1.54) is 4.68 Å². The Morgan fingerprint density at radius 2 is 2.18 bits per heavy atom. The Morgan fingerprint density at radius 1 is 1.53 bits per heavy atom. The van der Waals surface area contributed by atoms with Crippen LogP contribution in [0.25, 0.3) is 0 Å². The smallest absolute Gasteiger partial charge is 0.358 e. The van der Waals surface area contributed by atoms with E-state index >= 15 is 0 Å². The van der Waals surface area contributed by atoms with Gasteiger partial charge in [-0.3, -0.25) is 4.68 Å². The Hall–Kier alpha value is -1.03. The van der Waals surface area contributed by atoms with Crippen LogP contribution in [0.1, 0.15) is 47.9 Å². The van der Waals surface area contributed by atoms with E-state index in [0.29, 0.717) is 12.1 Å². The molecule has 1 aromatic rings. The van der Waals surface area contributed by atoms with Gasteiger partial charge in [-0.15, -0.1) is 0 Å². The summed E-state index contributed by atoms with van der Waals surface area (Å²) in [7, 11) is 1.73. The molecule has 1 heterocycles. The van der Waals surface area contributed by atoms with Crippen LogP contribution in [-0.4, -0.2) is 21.3 Å². The zero-order valence-electron chi connectivity index (χ0n) is 10.8. The van der Waals surface area contributed by atoms with Gasteiger partial charge in [-0.05, 0) is 26.7 Å². The van der Waals surface area contributed by atoms with Crippen LogP contribution in [0.3, 0.4) is 0 Å². The molecule has 0 saturated carbocycles. The van der Waals surface area contributed by atoms with Crippen molar-refractivity contribution >= 4 is 17.6 Å². The van der Waals surface area contributed by atoms with Crippen molar-refractivity contribution in [2.75, 3.05) is 0 Å². The standard InChI is InChI=1S/C12H19ClN2O2/c1-5-6-7-10(13)17-12(16)11-8(2)9(3)14-15(11)4/h10H,5-7H2,1-4H3. The highest BCUT2D eigenvalue weighted by molar-refractivity contribution is 6.20. The average Bonchev–Trinajstić information content (AvgIpc) is 2.50. The fourth-order valence-electron chi connectivity index (χ4n) is 1.64. The molecule has 5 heteroatoms. The van der Waals surface area contributed by atoms with Crippen LogP contribution in [0.4, 0.5) is 0 Å². The van der Waals surface area contributed by atoms with Gasteiger partial charge < -0.3 is 4.74 Å². The van der Waals surface area contributed by atoms with Crippen molar-refractivity contribution < 1.29 is 9.53 Å². The minimum Gasteiger partial charge on any atom is -0.441 e. The number of nitrogens with zero attached hydrogens (tertiary/aromatic N) is 2. The van der Waals surface area contributed by atoms with Crippen LogP contribution in [-0.2, 0) is 11.8 Å². The Bertz CT molecular complexity index is 401. The number of carbonyl (C=O) groups excluding carboxylic acids is 1. The van der Waals surface area contributed by atoms with Crippen molar-refractivity contribution in [2.24, 2.45) is 7.05 Å². The molecule has 4 nitrogen and oxygen atoms in total. The van der Waals surface area contributed by atoms with Crippen LogP contribution in [0.15, 0.2) is 0 Å². The second-order valence-electron chi connectivity index (χ2n) is 4.14. The first-order chi connectivity index (χ1) is 7.97. The Labute approximate surface area is 107 Å². The first-order valence-electron chi connectivity index (χ1n) is 5.82. The van der Waals surface area contributed by atoms with Gasteiger partial charge in [-0.2, -0.15) is 5.10 Å². The van der Waals surface area contributed by atoms with Crippen molar-refractivity contribution in [3.63, 3.8) is 0 Å². The molecule has 0 aromatic carbocycles. The van der Waals surface area contributed by atoms with Crippen LogP contribution in [0, 0.1) is 13.8 Å². The van der Waals surface area contributed by atoms with Gasteiger partial charge in [0.2, 0.25) is 0 Å². The Balaban J connectivity index is 2.70. The summed E-state index contributed by atoms with van der Waals surface area (Å²) in [4.78, 5) is 11.9. The zero-order chi connectivity index (χ0) is 13.0. The number of halogens is 1. The molecule has 17 heavy (non-hydrogen) atoms. The number of unbranched alkanes of at least 4 members (excludes halogenated alkanes) is 1. The predicted octanol–water partition coefficient (Wildman–Crippen LogP) is 2.95. The number of ether oxygens (including phenoxy) is 1. The quantitative estimate of drug-likeness (QED) is 0.602. The Morgan fingerprint density at radius 3 is 2.65 bits per heavy atom. The van der Waals surface area contributed by atoms with Gasteiger partial charge in [0.25, 0.3) is 0 Å². The van der Waals surface area contributed by atoms with Crippen molar-refractivity contribution in [3.05, 3.63) is 17.0 Å². The molecule has 0 aliphatic carbocycles. The van der Waals surface area contributed by atoms with E-state index in [1.54, 1.807) is 7.05 Å². The van der Waals surface area contributed by atoms with E-state index in [-0.39, 0.29) is 0 Å². The summed E-state index contributed by atoms with van der Waals surface area (Å²) in [6.07, 6.45) is 2.66. The fourth-order valence-corrected chi connectivity index (χ4v) is 1.88. The zero-order valence-corrected chi connectivity index (χ0v) is 11.5. The number of carbonyl (C=O) groups is 1. The lowest BCUT2D eigenvalue weighted by Crippen LogP contribution is -2.17. The van der Waals surface area contributed by atoms with E-state index in [9.17, 15) is 4.79 Å². The predicted molar refractivity (Wildman–Crippen MR) is 67.3 cm³/mol. The molecule has 0 amide bonds. The molecule has 0 radical (unpaired) electrons. The first kappa shape index (κ1) is 14.0. The van der Waals surface area contributed by atoms with Gasteiger partial charge in [0, 0.05) is 12.6 Å². The maximum absolute atomic E-state index is 11.9. The molecule has 0 bridgehead atoms. The number of rotatable bonds is 5. The van der Waals surface area contributed by atoms with E-state index < -0.39 is 11.5 Å². The summed E-state index contributed by atoms with van der Waals surface area (Å²) in [6.45, 7) is 5.79. The molecule has 1 unspecified atom stereocenters. The van der Waals surface area contributed by atoms with E-state index in [4.69, 9.17) is 16.3 Å². The number of hydrogen-bond donors (Lipinski definition) is 0. The Kier molecular flexibility index (Phi) is 5.00. The molecule has 0 saturated heterocycles. The summed E-state index contributed by atoms with van der Waals surface area (Å²) in [5, 5.41) is 4.17. The van der Waals surface area contributed by atoms with Gasteiger partial charge >= 0.3 is 5.97 Å². The summed E-state index contributed by atoms with van der Waals surface area (Å²) in [6, 6.07) is 0. The van der Waals surface area contributed by atoms with Gasteiger partial charge in [0.05, 0.1) is 5.69 Å². The van der Waals surface area contributed by atoms with Gasteiger partial charge in [-0.1, -0.05) is 24.9 Å². The summed E-state index contributed by atoms with van der Waals surface area (Å²) >= 11 is 5.94. The second-order valence-corrected chi connectivity index (χ2v) is 4.63. The molecular weight excluding hydrogens is 240 g/mol. The highest BCUT2D eigenvalue weighted by Gasteiger charge is 2.20. The molecule has 0 aliphatic rings. The first-order valence-corrected chi connectivity index (χ1v) is 6.26. The van der Waals surface area contributed by atoms with Crippen LogP contribution < -0.4 is 0 Å². The number of aromatic nitrogens is 2. The third-order valence-corrected chi connectivity index (χ3v) is 3.04. The largest absolute Gasteiger partial charge is 0.441 e. The van der Waals surface area contributed by atoms with Gasteiger partial charge in [0.15, 0.2) is 5.56 Å². The molecule has 0 fully saturated rings. The lowest BCUT2D eigenvalue weighted by atomic mass is 10.2. The fraction of sp³-hybridized carbons (Fsp3) is 0.667. The van der Waals surface area contributed by atoms with Crippen molar-refractivity contribution in [2.45, 2.75) is 45.6 Å². The monoisotopic (exact) mass is 258 g/mol. The molecule has 1 atom stereocenters. The van der Waals surface area contributed by atoms with E-state index in [1.807, 2.05) is 13.8 Å². The summed E-state index contributed by atoms with van der Waals surface area (Å²) in [5.41, 5.74) is 1.60. The van der Waals surface area contributed by atoms with Crippen LogP contribution in [0.5, 0.6) is 0 Å². The van der Waals surface area contributed by atoms with Gasteiger partial charge in [-0.25, -0.2) is 4.79 Å². The second kappa shape index (κ2) is 6.05. The summed E-state index contributed by atoms with van der Waals surface area (Å²) < 4.78 is 6.72. The third kappa shape index (κ3) is 3.46. The molecular formula is C12H19ClN2O2. The number of esters is 1. The number of alkyl halides is 1. The minimum absolute atomic E-state index is 0.401. The maximum atomic E-state index is 11.9. The molecule has 96 valence electrons.